The Labute approximate surface area is 143 Å². The van der Waals surface area contributed by atoms with Crippen LogP contribution in [0.15, 0.2) is 0 Å². The summed E-state index contributed by atoms with van der Waals surface area (Å²) in [5.74, 6) is 0.474. The Bertz CT molecular complexity index is 419. The first-order valence-electron chi connectivity index (χ1n) is 9.17. The van der Waals surface area contributed by atoms with E-state index in [4.69, 9.17) is 4.74 Å². The van der Waals surface area contributed by atoms with Gasteiger partial charge in [-0.2, -0.15) is 0 Å². The van der Waals surface area contributed by atoms with Gasteiger partial charge in [0.2, 0.25) is 0 Å². The third-order valence-electron chi connectivity index (χ3n) is 4.71. The lowest BCUT2D eigenvalue weighted by molar-refractivity contribution is 0.00159. The molecule has 1 aliphatic rings. The van der Waals surface area contributed by atoms with E-state index in [0.29, 0.717) is 6.61 Å². The summed E-state index contributed by atoms with van der Waals surface area (Å²) in [7, 11) is -2.96. The topological polar surface area (TPSA) is 46.6 Å². The van der Waals surface area contributed by atoms with E-state index in [1.807, 2.05) is 27.7 Å². The molecule has 0 bridgehead atoms. The minimum atomic E-state index is -2.96. The van der Waals surface area contributed by atoms with Crippen molar-refractivity contribution in [3.8, 4) is 0 Å². The van der Waals surface area contributed by atoms with E-state index in [9.17, 15) is 8.42 Å². The lowest BCUT2D eigenvalue weighted by Gasteiger charge is -2.52. The van der Waals surface area contributed by atoms with Crippen LogP contribution < -0.4 is 0 Å². The van der Waals surface area contributed by atoms with Gasteiger partial charge in [-0.3, -0.25) is 4.90 Å². The molecule has 5 heteroatoms. The molecule has 4 nitrogen and oxygen atoms in total. The maximum atomic E-state index is 12.1. The molecule has 0 spiro atoms. The minimum Gasteiger partial charge on any atom is -0.380 e. The van der Waals surface area contributed by atoms with Crippen molar-refractivity contribution >= 4 is 9.84 Å². The average Bonchev–Trinajstić information content (AvgIpc) is 2.36. The summed E-state index contributed by atoms with van der Waals surface area (Å²) < 4.78 is 30.0. The fourth-order valence-corrected chi connectivity index (χ4v) is 6.52. The molecule has 0 aliphatic carbocycles. The molecule has 0 unspecified atom stereocenters. The van der Waals surface area contributed by atoms with Crippen molar-refractivity contribution in [1.82, 2.24) is 4.90 Å². The van der Waals surface area contributed by atoms with Gasteiger partial charge in [0.05, 0.1) is 18.1 Å². The summed E-state index contributed by atoms with van der Waals surface area (Å²) in [6.07, 6.45) is 7.64. The average molecular weight is 348 g/mol. The van der Waals surface area contributed by atoms with E-state index in [1.54, 1.807) is 0 Å². The Morgan fingerprint density at radius 1 is 0.870 bits per heavy atom. The smallest absolute Gasteiger partial charge is 0.153 e. The van der Waals surface area contributed by atoms with Crippen LogP contribution in [0.4, 0.5) is 0 Å². The highest BCUT2D eigenvalue weighted by molar-refractivity contribution is 7.91. The molecule has 0 aromatic heterocycles. The molecule has 1 fully saturated rings. The van der Waals surface area contributed by atoms with Gasteiger partial charge in [0.15, 0.2) is 9.84 Å². The molecule has 0 N–H and O–H groups in total. The summed E-state index contributed by atoms with van der Waals surface area (Å²) in [5, 5.41) is 0. The number of rotatable bonds is 10. The van der Waals surface area contributed by atoms with Gasteiger partial charge >= 0.3 is 0 Å². The number of ether oxygens (including phenoxy) is 1. The molecule has 0 amide bonds. The molecule has 1 rings (SSSR count). The molecule has 138 valence electrons. The van der Waals surface area contributed by atoms with Gasteiger partial charge in [0.1, 0.15) is 0 Å². The van der Waals surface area contributed by atoms with Gasteiger partial charge in [-0.1, -0.05) is 39.0 Å². The number of unbranched alkanes of at least 4 members (excludes halogenated alkanes) is 5. The van der Waals surface area contributed by atoms with Crippen LogP contribution in [0.25, 0.3) is 0 Å². The fraction of sp³-hybridized carbons (Fsp3) is 1.00. The lowest BCUT2D eigenvalue weighted by Crippen LogP contribution is -2.66. The highest BCUT2D eigenvalue weighted by Crippen LogP contribution is 2.33. The van der Waals surface area contributed by atoms with Crippen LogP contribution >= 0.6 is 0 Å². The highest BCUT2D eigenvalue weighted by Gasteiger charge is 2.47. The van der Waals surface area contributed by atoms with E-state index < -0.39 is 9.84 Å². The second-order valence-corrected chi connectivity index (χ2v) is 10.3. The molecule has 1 saturated heterocycles. The normalized spacial score (nSPS) is 23.0. The summed E-state index contributed by atoms with van der Waals surface area (Å²) >= 11 is 0. The lowest BCUT2D eigenvalue weighted by atomic mass is 9.95. The maximum absolute atomic E-state index is 12.1. The Hall–Kier alpha value is -0.130. The summed E-state index contributed by atoms with van der Waals surface area (Å²) in [6, 6.07) is 0. The van der Waals surface area contributed by atoms with Crippen molar-refractivity contribution in [1.29, 1.82) is 0 Å². The van der Waals surface area contributed by atoms with E-state index in [-0.39, 0.29) is 22.6 Å². The zero-order valence-electron chi connectivity index (χ0n) is 15.9. The Morgan fingerprint density at radius 3 is 1.96 bits per heavy atom. The maximum Gasteiger partial charge on any atom is 0.153 e. The molecule has 0 aromatic rings. The SMILES string of the molecule is CCCCCCCCOCCN1C(C)(C)CS(=O)(=O)CC1(C)C. The Morgan fingerprint density at radius 2 is 1.39 bits per heavy atom. The molecular formula is C18H37NO3S. The first-order chi connectivity index (χ1) is 10.6. The summed E-state index contributed by atoms with van der Waals surface area (Å²) in [5.41, 5.74) is -0.659. The fourth-order valence-electron chi connectivity index (χ4n) is 3.95. The number of sulfone groups is 1. The largest absolute Gasteiger partial charge is 0.380 e. The van der Waals surface area contributed by atoms with Crippen LogP contribution in [-0.4, -0.2) is 55.7 Å². The van der Waals surface area contributed by atoms with Crippen LogP contribution in [-0.2, 0) is 14.6 Å². The Balaban J connectivity index is 2.30. The van der Waals surface area contributed by atoms with Crippen molar-refractivity contribution in [2.24, 2.45) is 0 Å². The van der Waals surface area contributed by atoms with Crippen molar-refractivity contribution in [3.63, 3.8) is 0 Å². The molecule has 0 aromatic carbocycles. The number of hydrogen-bond acceptors (Lipinski definition) is 4. The zero-order valence-corrected chi connectivity index (χ0v) is 16.7. The van der Waals surface area contributed by atoms with Crippen molar-refractivity contribution in [2.75, 3.05) is 31.3 Å². The Kier molecular flexibility index (Phi) is 8.02. The molecule has 1 heterocycles. The standard InChI is InChI=1S/C18H37NO3S/c1-6-7-8-9-10-11-13-22-14-12-19-17(2,3)15-23(20,21)16-18(19,4)5/h6-16H2,1-5H3. The number of hydrogen-bond donors (Lipinski definition) is 0. The minimum absolute atomic E-state index is 0.237. The summed E-state index contributed by atoms with van der Waals surface area (Å²) in [4.78, 5) is 2.31. The first kappa shape index (κ1) is 20.9. The van der Waals surface area contributed by atoms with Gasteiger partial charge in [-0.05, 0) is 34.1 Å². The zero-order chi connectivity index (χ0) is 17.6. The third kappa shape index (κ3) is 7.10. The highest BCUT2D eigenvalue weighted by atomic mass is 32.2. The second-order valence-electron chi connectivity index (χ2n) is 8.19. The van der Waals surface area contributed by atoms with Crippen molar-refractivity contribution in [2.45, 2.75) is 84.2 Å². The van der Waals surface area contributed by atoms with Crippen LogP contribution in [0.2, 0.25) is 0 Å². The van der Waals surface area contributed by atoms with Gasteiger partial charge in [-0.15, -0.1) is 0 Å². The van der Waals surface area contributed by atoms with Crippen molar-refractivity contribution in [3.05, 3.63) is 0 Å². The van der Waals surface area contributed by atoms with Crippen molar-refractivity contribution < 1.29 is 13.2 Å². The van der Waals surface area contributed by atoms with Crippen LogP contribution in [0.1, 0.15) is 73.1 Å². The van der Waals surface area contributed by atoms with Gasteiger partial charge in [-0.25, -0.2) is 8.42 Å². The van der Waals surface area contributed by atoms with Gasteiger partial charge in [0.25, 0.3) is 0 Å². The molecule has 1 aliphatic heterocycles. The molecule has 0 atom stereocenters. The second kappa shape index (κ2) is 8.82. The number of nitrogens with zero attached hydrogens (tertiary/aromatic N) is 1. The van der Waals surface area contributed by atoms with E-state index in [0.717, 1.165) is 19.6 Å². The molecule has 23 heavy (non-hydrogen) atoms. The van der Waals surface area contributed by atoms with Gasteiger partial charge in [0, 0.05) is 24.2 Å². The predicted molar refractivity (Wildman–Crippen MR) is 97.7 cm³/mol. The van der Waals surface area contributed by atoms with Crippen LogP contribution in [0, 0.1) is 0 Å². The third-order valence-corrected chi connectivity index (χ3v) is 7.00. The van der Waals surface area contributed by atoms with E-state index >= 15 is 0 Å². The monoisotopic (exact) mass is 347 g/mol. The van der Waals surface area contributed by atoms with Crippen LogP contribution in [0.3, 0.4) is 0 Å². The first-order valence-corrected chi connectivity index (χ1v) is 11.0. The van der Waals surface area contributed by atoms with E-state index in [2.05, 4.69) is 11.8 Å². The van der Waals surface area contributed by atoms with Crippen LogP contribution in [0.5, 0.6) is 0 Å². The van der Waals surface area contributed by atoms with Gasteiger partial charge < -0.3 is 4.74 Å². The quantitative estimate of drug-likeness (QED) is 0.566. The predicted octanol–water partition coefficient (Wildman–Crippen LogP) is 3.65. The molecule has 0 saturated carbocycles. The summed E-state index contributed by atoms with van der Waals surface area (Å²) in [6.45, 7) is 12.6. The molecule has 0 radical (unpaired) electrons. The molecular weight excluding hydrogens is 310 g/mol. The van der Waals surface area contributed by atoms with E-state index in [1.165, 1.54) is 32.1 Å².